The molecule has 1 N–H and O–H groups in total. The number of rotatable bonds is 10. The Hall–Kier alpha value is -3.12. The number of nitrogens with zero attached hydrogens (tertiary/aromatic N) is 4. The van der Waals surface area contributed by atoms with Crippen LogP contribution in [0.4, 0.5) is 10.3 Å². The zero-order valence-electron chi connectivity index (χ0n) is 17.9. The van der Waals surface area contributed by atoms with Gasteiger partial charge in [-0.15, -0.1) is 0 Å². The minimum atomic E-state index is -0.490. The van der Waals surface area contributed by atoms with Crippen LogP contribution in [0.1, 0.15) is 32.3 Å². The molecule has 0 unspecified atom stereocenters. The smallest absolute Gasteiger partial charge is 0.226 e. The van der Waals surface area contributed by atoms with E-state index in [1.807, 2.05) is 19.9 Å². The summed E-state index contributed by atoms with van der Waals surface area (Å²) in [4.78, 5) is 11.0. The van der Waals surface area contributed by atoms with Gasteiger partial charge in [0.25, 0.3) is 0 Å². The van der Waals surface area contributed by atoms with E-state index in [0.717, 1.165) is 31.5 Å². The first-order valence-corrected chi connectivity index (χ1v) is 10.5. The van der Waals surface area contributed by atoms with E-state index < -0.39 is 5.82 Å². The summed E-state index contributed by atoms with van der Waals surface area (Å²) in [6.07, 6.45) is 5.01. The molecular weight excluding hydrogens is 401 g/mol. The molecule has 31 heavy (non-hydrogen) atoms. The lowest BCUT2D eigenvalue weighted by atomic mass is 10.0. The van der Waals surface area contributed by atoms with Crippen LogP contribution in [-0.2, 0) is 6.54 Å². The van der Waals surface area contributed by atoms with Crippen LogP contribution in [0.25, 0.3) is 0 Å². The molecule has 1 saturated heterocycles. The van der Waals surface area contributed by atoms with Gasteiger partial charge in [-0.2, -0.15) is 9.65 Å². The summed E-state index contributed by atoms with van der Waals surface area (Å²) < 4.78 is 30.9. The third-order valence-corrected chi connectivity index (χ3v) is 4.94. The van der Waals surface area contributed by atoms with Crippen molar-refractivity contribution in [2.24, 2.45) is 0 Å². The van der Waals surface area contributed by atoms with Crippen molar-refractivity contribution in [2.75, 3.05) is 37.8 Å². The van der Waals surface area contributed by atoms with E-state index >= 15 is 0 Å². The lowest BCUT2D eigenvalue weighted by Gasteiger charge is -2.35. The maximum atomic E-state index is 14.7. The molecule has 0 saturated carbocycles. The molecule has 0 amide bonds. The molecule has 0 radical (unpaired) electrons. The van der Waals surface area contributed by atoms with Gasteiger partial charge < -0.3 is 24.4 Å². The van der Waals surface area contributed by atoms with Crippen molar-refractivity contribution in [3.05, 3.63) is 35.9 Å². The molecule has 1 aliphatic rings. The Morgan fingerprint density at radius 3 is 2.26 bits per heavy atom. The Balaban J connectivity index is 1.90. The van der Waals surface area contributed by atoms with Crippen LogP contribution < -0.4 is 24.4 Å². The van der Waals surface area contributed by atoms with Gasteiger partial charge in [-0.3, -0.25) is 0 Å². The van der Waals surface area contributed by atoms with Crippen molar-refractivity contribution in [1.82, 2.24) is 15.3 Å². The van der Waals surface area contributed by atoms with Crippen LogP contribution in [0.3, 0.4) is 0 Å². The molecule has 0 atom stereocenters. The average Bonchev–Trinajstić information content (AvgIpc) is 2.80. The molecule has 1 aromatic carbocycles. The second-order valence-corrected chi connectivity index (χ2v) is 7.05. The number of ether oxygens (including phenoxy) is 3. The molecule has 3 rings (SSSR count). The van der Waals surface area contributed by atoms with Crippen molar-refractivity contribution in [3.8, 4) is 23.3 Å². The Morgan fingerprint density at radius 2 is 1.71 bits per heavy atom. The van der Waals surface area contributed by atoms with Gasteiger partial charge in [0.2, 0.25) is 11.8 Å². The quantitative estimate of drug-likeness (QED) is 0.616. The number of nitriles is 1. The lowest BCUT2D eigenvalue weighted by molar-refractivity contribution is 0.291. The van der Waals surface area contributed by atoms with Gasteiger partial charge in [0, 0.05) is 12.6 Å². The fourth-order valence-electron chi connectivity index (χ4n) is 3.56. The molecule has 8 nitrogen and oxygen atoms in total. The topological polar surface area (TPSA) is 92.5 Å². The molecular formula is C22H28FN5O3. The van der Waals surface area contributed by atoms with Gasteiger partial charge in [-0.05, 0) is 57.5 Å². The van der Waals surface area contributed by atoms with Crippen LogP contribution in [-0.4, -0.2) is 48.9 Å². The number of anilines is 1. The monoisotopic (exact) mass is 429 g/mol. The Morgan fingerprint density at radius 1 is 1.10 bits per heavy atom. The van der Waals surface area contributed by atoms with Gasteiger partial charge in [-0.1, -0.05) is 0 Å². The summed E-state index contributed by atoms with van der Waals surface area (Å²) in [7, 11) is 0. The highest BCUT2D eigenvalue weighted by Crippen LogP contribution is 2.31. The van der Waals surface area contributed by atoms with E-state index in [-0.39, 0.29) is 24.1 Å². The minimum absolute atomic E-state index is 0.0588. The predicted octanol–water partition coefficient (Wildman–Crippen LogP) is 3.07. The van der Waals surface area contributed by atoms with Gasteiger partial charge >= 0.3 is 0 Å². The Kier molecular flexibility index (Phi) is 8.24. The van der Waals surface area contributed by atoms with Crippen molar-refractivity contribution in [3.63, 3.8) is 0 Å². The number of hydrogen-bond donors (Lipinski definition) is 1. The molecule has 1 aromatic heterocycles. The van der Waals surface area contributed by atoms with Gasteiger partial charge in [0.15, 0.2) is 23.9 Å². The molecule has 2 heterocycles. The van der Waals surface area contributed by atoms with Crippen LogP contribution >= 0.6 is 0 Å². The molecule has 1 fully saturated rings. The van der Waals surface area contributed by atoms with E-state index in [1.54, 1.807) is 24.5 Å². The number of nitrogens with one attached hydrogen (secondary N) is 1. The Labute approximate surface area is 182 Å². The van der Waals surface area contributed by atoms with E-state index in [4.69, 9.17) is 19.5 Å². The molecule has 9 heteroatoms. The highest BCUT2D eigenvalue weighted by atomic mass is 19.1. The minimum Gasteiger partial charge on any atom is -0.491 e. The highest BCUT2D eigenvalue weighted by molar-refractivity contribution is 5.43. The first-order valence-electron chi connectivity index (χ1n) is 10.5. The number of piperidine rings is 1. The highest BCUT2D eigenvalue weighted by Gasteiger charge is 2.25. The van der Waals surface area contributed by atoms with Gasteiger partial charge in [0.05, 0.1) is 25.6 Å². The molecule has 166 valence electrons. The standard InChI is InChI=1S/C22H28FN5O3/c1-3-29-19-11-16(12-20(21(19)23)30-4-2)15-28(17-5-8-25-9-6-17)22-26-13-18(14-27-22)31-10-7-24/h11-14,17,25H,3-6,8-10,15H2,1-2H3. The van der Waals surface area contributed by atoms with Crippen LogP contribution in [0.2, 0.25) is 0 Å². The lowest BCUT2D eigenvalue weighted by Crippen LogP contribution is -2.43. The molecule has 1 aliphatic heterocycles. The zero-order valence-corrected chi connectivity index (χ0v) is 17.9. The van der Waals surface area contributed by atoms with Crippen LogP contribution in [0.5, 0.6) is 17.2 Å². The van der Waals surface area contributed by atoms with E-state index in [9.17, 15) is 4.39 Å². The molecule has 2 aromatic rings. The first kappa shape index (κ1) is 22.6. The maximum absolute atomic E-state index is 14.7. The average molecular weight is 429 g/mol. The summed E-state index contributed by atoms with van der Waals surface area (Å²) in [6.45, 7) is 6.58. The van der Waals surface area contributed by atoms with Gasteiger partial charge in [-0.25, -0.2) is 9.97 Å². The second kappa shape index (κ2) is 11.3. The fourth-order valence-corrected chi connectivity index (χ4v) is 3.56. The van der Waals surface area contributed by atoms with Gasteiger partial charge in [0.1, 0.15) is 6.07 Å². The molecule has 0 aliphatic carbocycles. The third kappa shape index (κ3) is 5.95. The summed E-state index contributed by atoms with van der Waals surface area (Å²) in [5.74, 6) is 0.854. The van der Waals surface area contributed by atoms with Crippen LogP contribution in [0, 0.1) is 17.1 Å². The van der Waals surface area contributed by atoms with Crippen molar-refractivity contribution >= 4 is 5.95 Å². The summed E-state index contributed by atoms with van der Waals surface area (Å²) in [6, 6.07) is 5.57. The van der Waals surface area contributed by atoms with Crippen molar-refractivity contribution in [1.29, 1.82) is 5.26 Å². The van der Waals surface area contributed by atoms with Crippen molar-refractivity contribution in [2.45, 2.75) is 39.3 Å². The fraction of sp³-hybridized carbons (Fsp3) is 0.500. The SMILES string of the molecule is CCOc1cc(CN(c2ncc(OCC#N)cn2)C2CCNCC2)cc(OCC)c1F. The third-order valence-electron chi connectivity index (χ3n) is 4.94. The predicted molar refractivity (Wildman–Crippen MR) is 114 cm³/mol. The number of aromatic nitrogens is 2. The Bertz CT molecular complexity index is 855. The summed E-state index contributed by atoms with van der Waals surface area (Å²) in [5, 5.41) is 12.0. The molecule has 0 spiro atoms. The van der Waals surface area contributed by atoms with Crippen molar-refractivity contribution < 1.29 is 18.6 Å². The van der Waals surface area contributed by atoms with Crippen LogP contribution in [0.15, 0.2) is 24.5 Å². The zero-order chi connectivity index (χ0) is 22.1. The number of hydrogen-bond acceptors (Lipinski definition) is 8. The van der Waals surface area contributed by atoms with E-state index in [0.29, 0.717) is 31.5 Å². The summed E-state index contributed by atoms with van der Waals surface area (Å²) >= 11 is 0. The first-order chi connectivity index (χ1) is 15.2. The second-order valence-electron chi connectivity index (χ2n) is 7.05. The van der Waals surface area contributed by atoms with E-state index in [2.05, 4.69) is 20.2 Å². The van der Waals surface area contributed by atoms with E-state index in [1.165, 1.54) is 0 Å². The normalized spacial score (nSPS) is 14.0. The maximum Gasteiger partial charge on any atom is 0.226 e. The molecule has 0 bridgehead atoms. The number of benzene rings is 1. The summed E-state index contributed by atoms with van der Waals surface area (Å²) in [5.41, 5.74) is 0.847. The number of halogens is 1. The largest absolute Gasteiger partial charge is 0.491 e.